The predicted molar refractivity (Wildman–Crippen MR) is 91.8 cm³/mol. The van der Waals surface area contributed by atoms with Gasteiger partial charge in [0.2, 0.25) is 0 Å². The van der Waals surface area contributed by atoms with Crippen LogP contribution in [0, 0.1) is 0 Å². The molecule has 108 valence electrons. The van der Waals surface area contributed by atoms with E-state index in [4.69, 9.17) is 0 Å². The number of aromatic nitrogens is 2. The van der Waals surface area contributed by atoms with Crippen molar-refractivity contribution in [2.75, 3.05) is 5.32 Å². The lowest BCUT2D eigenvalue weighted by molar-refractivity contribution is 0.102. The lowest BCUT2D eigenvalue weighted by Gasteiger charge is -2.03. The molecule has 0 spiro atoms. The molecule has 4 aromatic rings. The SMILES string of the molecule is O=C(Nc1ccc2[nH]c(S)cc2c1)c1cc2ccccc2[nH]1. The van der Waals surface area contributed by atoms with Gasteiger partial charge in [-0.05, 0) is 36.4 Å². The average Bonchev–Trinajstić information content (AvgIpc) is 3.08. The van der Waals surface area contributed by atoms with Crippen molar-refractivity contribution in [2.45, 2.75) is 5.03 Å². The molecule has 0 aliphatic carbocycles. The van der Waals surface area contributed by atoms with Gasteiger partial charge < -0.3 is 15.3 Å². The van der Waals surface area contributed by atoms with E-state index in [1.807, 2.05) is 54.6 Å². The number of H-pyrrole nitrogens is 2. The molecule has 5 heteroatoms. The molecule has 0 radical (unpaired) electrons. The Bertz CT molecular complexity index is 966. The average molecular weight is 307 g/mol. The maximum atomic E-state index is 12.4. The highest BCUT2D eigenvalue weighted by molar-refractivity contribution is 7.80. The fourth-order valence-corrected chi connectivity index (χ4v) is 2.85. The summed E-state index contributed by atoms with van der Waals surface area (Å²) in [5, 5.41) is 5.75. The van der Waals surface area contributed by atoms with Crippen LogP contribution in [0.25, 0.3) is 21.8 Å². The third-order valence-electron chi connectivity index (χ3n) is 3.64. The van der Waals surface area contributed by atoms with Crippen LogP contribution < -0.4 is 5.32 Å². The molecule has 0 aliphatic heterocycles. The minimum Gasteiger partial charge on any atom is -0.351 e. The highest BCUT2D eigenvalue weighted by atomic mass is 32.1. The Morgan fingerprint density at radius 1 is 0.909 bits per heavy atom. The van der Waals surface area contributed by atoms with Crippen molar-refractivity contribution in [1.82, 2.24) is 9.97 Å². The molecule has 0 bridgehead atoms. The van der Waals surface area contributed by atoms with Gasteiger partial charge in [-0.1, -0.05) is 18.2 Å². The second-order valence-corrected chi connectivity index (χ2v) is 5.66. The molecule has 0 aliphatic rings. The number of benzene rings is 2. The van der Waals surface area contributed by atoms with E-state index in [-0.39, 0.29) is 5.91 Å². The van der Waals surface area contributed by atoms with E-state index in [2.05, 4.69) is 27.9 Å². The summed E-state index contributed by atoms with van der Waals surface area (Å²) >= 11 is 4.28. The molecule has 2 aromatic carbocycles. The fraction of sp³-hybridized carbons (Fsp3) is 0. The van der Waals surface area contributed by atoms with Gasteiger partial charge in [-0.3, -0.25) is 4.79 Å². The number of para-hydroxylation sites is 1. The molecule has 1 amide bonds. The van der Waals surface area contributed by atoms with Crippen LogP contribution in [-0.4, -0.2) is 15.9 Å². The van der Waals surface area contributed by atoms with Gasteiger partial charge in [-0.15, -0.1) is 12.6 Å². The van der Waals surface area contributed by atoms with Crippen LogP contribution in [0.2, 0.25) is 0 Å². The molecular weight excluding hydrogens is 294 g/mol. The summed E-state index contributed by atoms with van der Waals surface area (Å²) in [4.78, 5) is 18.6. The quantitative estimate of drug-likeness (QED) is 0.412. The summed E-state index contributed by atoms with van der Waals surface area (Å²) in [6.45, 7) is 0. The normalized spacial score (nSPS) is 11.1. The van der Waals surface area contributed by atoms with Gasteiger partial charge in [-0.2, -0.15) is 0 Å². The maximum absolute atomic E-state index is 12.4. The molecule has 0 saturated carbocycles. The molecule has 0 saturated heterocycles. The van der Waals surface area contributed by atoms with Crippen LogP contribution >= 0.6 is 12.6 Å². The second-order valence-electron chi connectivity index (χ2n) is 5.18. The number of hydrogen-bond donors (Lipinski definition) is 4. The Kier molecular flexibility index (Phi) is 2.94. The van der Waals surface area contributed by atoms with Crippen molar-refractivity contribution >= 4 is 46.0 Å². The third kappa shape index (κ3) is 2.25. The Morgan fingerprint density at radius 3 is 2.59 bits per heavy atom. The summed E-state index contributed by atoms with van der Waals surface area (Å²) < 4.78 is 0. The first-order valence-electron chi connectivity index (χ1n) is 6.90. The molecule has 0 unspecified atom stereocenters. The lowest BCUT2D eigenvalue weighted by Crippen LogP contribution is -2.11. The van der Waals surface area contributed by atoms with Gasteiger partial charge >= 0.3 is 0 Å². The molecule has 4 nitrogen and oxygen atoms in total. The summed E-state index contributed by atoms with van der Waals surface area (Å²) in [7, 11) is 0. The molecule has 2 heterocycles. The smallest absolute Gasteiger partial charge is 0.272 e. The largest absolute Gasteiger partial charge is 0.351 e. The number of aromatic amines is 2. The minimum absolute atomic E-state index is 0.155. The van der Waals surface area contributed by atoms with E-state index < -0.39 is 0 Å². The zero-order chi connectivity index (χ0) is 15.1. The van der Waals surface area contributed by atoms with Crippen molar-refractivity contribution in [1.29, 1.82) is 0 Å². The van der Waals surface area contributed by atoms with E-state index >= 15 is 0 Å². The molecular formula is C17H13N3OS. The number of carbonyl (C=O) groups is 1. The van der Waals surface area contributed by atoms with Crippen LogP contribution in [0.3, 0.4) is 0 Å². The standard InChI is InChI=1S/C17H13N3OS/c21-17(15-8-10-3-1-2-4-13(10)19-15)18-12-5-6-14-11(7-12)9-16(22)20-14/h1-9,19-20,22H,(H,18,21). The van der Waals surface area contributed by atoms with E-state index in [1.165, 1.54) is 0 Å². The number of nitrogens with one attached hydrogen (secondary N) is 3. The monoisotopic (exact) mass is 307 g/mol. The van der Waals surface area contributed by atoms with Gasteiger partial charge in [0.25, 0.3) is 5.91 Å². The maximum Gasteiger partial charge on any atom is 0.272 e. The van der Waals surface area contributed by atoms with Crippen LogP contribution in [0.15, 0.2) is 59.6 Å². The van der Waals surface area contributed by atoms with Gasteiger partial charge in [0.15, 0.2) is 0 Å². The van der Waals surface area contributed by atoms with Crippen molar-refractivity contribution in [2.24, 2.45) is 0 Å². The molecule has 0 atom stereocenters. The Morgan fingerprint density at radius 2 is 1.73 bits per heavy atom. The number of fused-ring (bicyclic) bond motifs is 2. The first kappa shape index (κ1) is 13.0. The molecule has 3 N–H and O–H groups in total. The lowest BCUT2D eigenvalue weighted by atomic mass is 10.2. The highest BCUT2D eigenvalue weighted by Crippen LogP contribution is 2.22. The number of rotatable bonds is 2. The molecule has 0 fully saturated rings. The molecule has 22 heavy (non-hydrogen) atoms. The number of anilines is 1. The van der Waals surface area contributed by atoms with Crippen molar-refractivity contribution in [3.05, 3.63) is 60.3 Å². The number of carbonyl (C=O) groups excluding carboxylic acids is 1. The summed E-state index contributed by atoms with van der Waals surface area (Å²) in [5.74, 6) is -0.155. The van der Waals surface area contributed by atoms with Crippen LogP contribution in [0.4, 0.5) is 5.69 Å². The van der Waals surface area contributed by atoms with Crippen LogP contribution in [0.1, 0.15) is 10.5 Å². The predicted octanol–water partition coefficient (Wildman–Crippen LogP) is 4.19. The first-order valence-corrected chi connectivity index (χ1v) is 7.35. The number of amides is 1. The van der Waals surface area contributed by atoms with Crippen molar-refractivity contribution in [3.8, 4) is 0 Å². The van der Waals surface area contributed by atoms with E-state index in [9.17, 15) is 4.79 Å². The van der Waals surface area contributed by atoms with E-state index in [0.717, 1.165) is 32.5 Å². The summed E-state index contributed by atoms with van der Waals surface area (Å²) in [6.07, 6.45) is 0. The second kappa shape index (κ2) is 4.96. The van der Waals surface area contributed by atoms with Crippen LogP contribution in [-0.2, 0) is 0 Å². The number of hydrogen-bond acceptors (Lipinski definition) is 2. The summed E-state index contributed by atoms with van der Waals surface area (Å²) in [6, 6.07) is 17.3. The van der Waals surface area contributed by atoms with Crippen molar-refractivity contribution in [3.63, 3.8) is 0 Å². The molecule has 2 aromatic heterocycles. The van der Waals surface area contributed by atoms with E-state index in [0.29, 0.717) is 5.69 Å². The van der Waals surface area contributed by atoms with Gasteiger partial charge in [0.1, 0.15) is 5.69 Å². The third-order valence-corrected chi connectivity index (χ3v) is 3.88. The Balaban J connectivity index is 1.64. The minimum atomic E-state index is -0.155. The zero-order valence-corrected chi connectivity index (χ0v) is 12.4. The topological polar surface area (TPSA) is 60.7 Å². The fourth-order valence-electron chi connectivity index (χ4n) is 2.59. The van der Waals surface area contributed by atoms with Gasteiger partial charge in [-0.25, -0.2) is 0 Å². The van der Waals surface area contributed by atoms with Crippen LogP contribution in [0.5, 0.6) is 0 Å². The zero-order valence-electron chi connectivity index (χ0n) is 11.6. The van der Waals surface area contributed by atoms with Crippen molar-refractivity contribution < 1.29 is 4.79 Å². The number of thiol groups is 1. The Hall–Kier alpha value is -2.66. The summed E-state index contributed by atoms with van der Waals surface area (Å²) in [5.41, 5.74) is 3.25. The Labute approximate surface area is 132 Å². The van der Waals surface area contributed by atoms with E-state index in [1.54, 1.807) is 0 Å². The van der Waals surface area contributed by atoms with Gasteiger partial charge in [0.05, 0.1) is 5.03 Å². The van der Waals surface area contributed by atoms with Gasteiger partial charge in [0, 0.05) is 27.5 Å². The first-order chi connectivity index (χ1) is 10.7. The highest BCUT2D eigenvalue weighted by Gasteiger charge is 2.10. The molecule has 4 rings (SSSR count).